The number of carbonyl (C=O) groups excluding carboxylic acids is 1. The van der Waals surface area contributed by atoms with E-state index in [1.54, 1.807) is 11.0 Å². The SMILES string of the molecule is O=C(O)CN1CC(=O)N[C@@H]2CCCC[C@H]2N(CC(=O)O)Cc2cccc(n2)C1. The Labute approximate surface area is 163 Å². The van der Waals surface area contributed by atoms with E-state index < -0.39 is 11.9 Å². The molecule has 1 aliphatic heterocycles. The lowest BCUT2D eigenvalue weighted by atomic mass is 9.88. The zero-order valence-electron chi connectivity index (χ0n) is 15.7. The highest BCUT2D eigenvalue weighted by molar-refractivity contribution is 5.79. The number of rotatable bonds is 4. The van der Waals surface area contributed by atoms with Gasteiger partial charge in [-0.1, -0.05) is 18.9 Å². The second kappa shape index (κ2) is 9.11. The fourth-order valence-corrected chi connectivity index (χ4v) is 4.14. The Morgan fingerprint density at radius 3 is 2.43 bits per heavy atom. The molecule has 1 aromatic heterocycles. The van der Waals surface area contributed by atoms with Crippen LogP contribution in [0.3, 0.4) is 0 Å². The van der Waals surface area contributed by atoms with Gasteiger partial charge in [-0.3, -0.25) is 29.2 Å². The van der Waals surface area contributed by atoms with Crippen molar-refractivity contribution in [3.63, 3.8) is 0 Å². The van der Waals surface area contributed by atoms with Crippen molar-refractivity contribution in [3.8, 4) is 0 Å². The molecule has 0 unspecified atom stereocenters. The molecule has 152 valence electrons. The van der Waals surface area contributed by atoms with Crippen LogP contribution in [-0.2, 0) is 27.5 Å². The third-order valence-corrected chi connectivity index (χ3v) is 5.22. The summed E-state index contributed by atoms with van der Waals surface area (Å²) in [5, 5.41) is 21.6. The molecule has 0 saturated heterocycles. The van der Waals surface area contributed by atoms with Crippen LogP contribution in [0, 0.1) is 0 Å². The molecule has 0 radical (unpaired) electrons. The van der Waals surface area contributed by atoms with Gasteiger partial charge < -0.3 is 15.5 Å². The molecule has 2 bridgehead atoms. The molecular weight excluding hydrogens is 364 g/mol. The zero-order chi connectivity index (χ0) is 20.1. The quantitative estimate of drug-likeness (QED) is 0.671. The molecule has 1 aromatic rings. The van der Waals surface area contributed by atoms with E-state index in [2.05, 4.69) is 10.3 Å². The molecule has 2 heterocycles. The predicted octanol–water partition coefficient (Wildman–Crippen LogP) is 0.296. The van der Waals surface area contributed by atoms with Gasteiger partial charge in [-0.15, -0.1) is 0 Å². The molecule has 1 saturated carbocycles. The van der Waals surface area contributed by atoms with Gasteiger partial charge in [-0.05, 0) is 25.0 Å². The lowest BCUT2D eigenvalue weighted by molar-refractivity contribution is -0.140. The van der Waals surface area contributed by atoms with Gasteiger partial charge in [0.2, 0.25) is 5.91 Å². The second-order valence-electron chi connectivity index (χ2n) is 7.48. The second-order valence-corrected chi connectivity index (χ2v) is 7.48. The topological polar surface area (TPSA) is 123 Å². The fraction of sp³-hybridized carbons (Fsp3) is 0.579. The number of fused-ring (bicyclic) bond motifs is 3. The number of carboxylic acid groups (broad SMARTS) is 2. The molecule has 3 N–H and O–H groups in total. The average molecular weight is 390 g/mol. The van der Waals surface area contributed by atoms with E-state index in [1.165, 1.54) is 0 Å². The van der Waals surface area contributed by atoms with E-state index in [0.29, 0.717) is 12.2 Å². The Morgan fingerprint density at radius 1 is 1.04 bits per heavy atom. The molecule has 2 aliphatic rings. The molecule has 1 amide bonds. The normalized spacial score (nSPS) is 24.4. The molecule has 1 aliphatic carbocycles. The summed E-state index contributed by atoms with van der Waals surface area (Å²) in [5.74, 6) is -2.16. The van der Waals surface area contributed by atoms with Crippen LogP contribution >= 0.6 is 0 Å². The zero-order valence-corrected chi connectivity index (χ0v) is 15.7. The van der Waals surface area contributed by atoms with Crippen LogP contribution in [0.1, 0.15) is 37.1 Å². The molecule has 28 heavy (non-hydrogen) atoms. The molecule has 0 spiro atoms. The number of hydrogen-bond donors (Lipinski definition) is 3. The summed E-state index contributed by atoms with van der Waals surface area (Å²) in [6, 6.07) is 5.22. The van der Waals surface area contributed by atoms with Crippen molar-refractivity contribution in [3.05, 3.63) is 29.6 Å². The van der Waals surface area contributed by atoms with Crippen molar-refractivity contribution in [1.82, 2.24) is 20.1 Å². The molecule has 2 atom stereocenters. The smallest absolute Gasteiger partial charge is 0.317 e. The van der Waals surface area contributed by atoms with Gasteiger partial charge in [-0.25, -0.2) is 0 Å². The summed E-state index contributed by atoms with van der Waals surface area (Å²) in [5.41, 5.74) is 1.40. The molecule has 9 heteroatoms. The first-order valence-corrected chi connectivity index (χ1v) is 9.55. The van der Waals surface area contributed by atoms with Crippen molar-refractivity contribution >= 4 is 17.8 Å². The van der Waals surface area contributed by atoms with Gasteiger partial charge in [0.05, 0.1) is 31.0 Å². The first kappa shape index (κ1) is 20.2. The molecule has 9 nitrogen and oxygen atoms in total. The largest absolute Gasteiger partial charge is 0.480 e. The predicted molar refractivity (Wildman–Crippen MR) is 99.4 cm³/mol. The minimum Gasteiger partial charge on any atom is -0.480 e. The van der Waals surface area contributed by atoms with Gasteiger partial charge in [0.15, 0.2) is 0 Å². The van der Waals surface area contributed by atoms with Crippen LogP contribution in [0.5, 0.6) is 0 Å². The summed E-state index contributed by atoms with van der Waals surface area (Å²) >= 11 is 0. The third-order valence-electron chi connectivity index (χ3n) is 5.22. The van der Waals surface area contributed by atoms with E-state index in [9.17, 15) is 19.5 Å². The summed E-state index contributed by atoms with van der Waals surface area (Å²) in [6.45, 7) is 0.198. The molecule has 3 rings (SSSR count). The number of nitrogens with zero attached hydrogens (tertiary/aromatic N) is 3. The van der Waals surface area contributed by atoms with Crippen molar-refractivity contribution in [2.24, 2.45) is 0 Å². The number of pyridine rings is 1. The molecule has 1 fully saturated rings. The van der Waals surface area contributed by atoms with E-state index in [0.717, 1.165) is 31.4 Å². The van der Waals surface area contributed by atoms with Crippen LogP contribution in [-0.4, -0.2) is 74.6 Å². The highest BCUT2D eigenvalue weighted by Gasteiger charge is 2.33. The first-order valence-electron chi connectivity index (χ1n) is 9.55. The van der Waals surface area contributed by atoms with Crippen molar-refractivity contribution in [2.75, 3.05) is 19.6 Å². The Morgan fingerprint density at radius 2 is 1.71 bits per heavy atom. The summed E-state index contributed by atoms with van der Waals surface area (Å²) in [4.78, 5) is 43.3. The Balaban J connectivity index is 1.93. The standard InChI is InChI=1S/C19H26N4O5/c24-17-10-22(11-18(25)26)8-13-4-3-5-14(20-13)9-23(12-19(27)28)16-7-2-1-6-15(16)21-17/h3-5,15-16H,1-2,6-12H2,(H,21,24)(H,25,26)(H,27,28)/t15-,16-/m1/s1. The average Bonchev–Trinajstić information content (AvgIpc) is 2.60. The third kappa shape index (κ3) is 5.49. The van der Waals surface area contributed by atoms with Crippen molar-refractivity contribution in [1.29, 1.82) is 0 Å². The van der Waals surface area contributed by atoms with E-state index in [1.807, 2.05) is 17.0 Å². The van der Waals surface area contributed by atoms with E-state index in [4.69, 9.17) is 5.11 Å². The number of aliphatic carboxylic acids is 2. The van der Waals surface area contributed by atoms with Crippen LogP contribution in [0.4, 0.5) is 0 Å². The highest BCUT2D eigenvalue weighted by Crippen LogP contribution is 2.25. The van der Waals surface area contributed by atoms with E-state index >= 15 is 0 Å². The Hall–Kier alpha value is -2.52. The van der Waals surface area contributed by atoms with E-state index in [-0.39, 0.29) is 44.2 Å². The van der Waals surface area contributed by atoms with Gasteiger partial charge in [-0.2, -0.15) is 0 Å². The van der Waals surface area contributed by atoms with Crippen molar-refractivity contribution in [2.45, 2.75) is 50.9 Å². The maximum Gasteiger partial charge on any atom is 0.317 e. The lowest BCUT2D eigenvalue weighted by Gasteiger charge is -2.40. The van der Waals surface area contributed by atoms with Crippen LogP contribution < -0.4 is 5.32 Å². The summed E-state index contributed by atoms with van der Waals surface area (Å²) in [6.07, 6.45) is 3.52. The van der Waals surface area contributed by atoms with Gasteiger partial charge >= 0.3 is 11.9 Å². The number of nitrogens with one attached hydrogen (secondary N) is 1. The fourth-order valence-electron chi connectivity index (χ4n) is 4.14. The number of hydrogen-bond acceptors (Lipinski definition) is 6. The highest BCUT2D eigenvalue weighted by atomic mass is 16.4. The number of amides is 1. The number of carbonyl (C=O) groups is 3. The lowest BCUT2D eigenvalue weighted by Crippen LogP contribution is -2.55. The Bertz CT molecular complexity index is 741. The maximum absolute atomic E-state index is 12.6. The van der Waals surface area contributed by atoms with Gasteiger partial charge in [0.25, 0.3) is 0 Å². The van der Waals surface area contributed by atoms with Crippen LogP contribution in [0.2, 0.25) is 0 Å². The summed E-state index contributed by atoms with van der Waals surface area (Å²) < 4.78 is 0. The minimum absolute atomic E-state index is 0.0413. The van der Waals surface area contributed by atoms with Crippen LogP contribution in [0.15, 0.2) is 18.2 Å². The number of aromatic nitrogens is 1. The molecule has 0 aromatic carbocycles. The summed E-state index contributed by atoms with van der Waals surface area (Å²) in [7, 11) is 0. The van der Waals surface area contributed by atoms with Gasteiger partial charge in [0, 0.05) is 25.2 Å². The maximum atomic E-state index is 12.6. The van der Waals surface area contributed by atoms with Gasteiger partial charge in [0.1, 0.15) is 0 Å². The first-order chi connectivity index (χ1) is 13.4. The number of carboxylic acids is 2. The minimum atomic E-state index is -1.00. The molecular formula is C19H26N4O5. The monoisotopic (exact) mass is 390 g/mol. The van der Waals surface area contributed by atoms with Crippen molar-refractivity contribution < 1.29 is 24.6 Å². The van der Waals surface area contributed by atoms with Crippen LogP contribution in [0.25, 0.3) is 0 Å². The Kier molecular flexibility index (Phi) is 6.58.